The zero-order chi connectivity index (χ0) is 21.1. The second kappa shape index (κ2) is 8.79. The van der Waals surface area contributed by atoms with Gasteiger partial charge in [0.1, 0.15) is 11.5 Å². The number of nitrogens with zero attached hydrogens (tertiary/aromatic N) is 1. The summed E-state index contributed by atoms with van der Waals surface area (Å²) < 4.78 is 5.89. The molecule has 0 radical (unpaired) electrons. The van der Waals surface area contributed by atoms with Crippen LogP contribution in [-0.2, 0) is 4.79 Å². The smallest absolute Gasteiger partial charge is 0.258 e. The highest BCUT2D eigenvalue weighted by Gasteiger charge is 2.27. The highest BCUT2D eigenvalue weighted by atomic mass is 16.5. The Labute approximate surface area is 177 Å². The van der Waals surface area contributed by atoms with Crippen LogP contribution in [0, 0.1) is 0 Å². The standard InChI is InChI=1S/C24H29N3O3/c1-16(25)23-20-14-19(22(28)15-21(20)26-24(23)29)17-6-8-18(9-7-17)30-13-5-12-27-10-3-2-4-11-27/h6-9,14-15,28H,2-5,10-13,25H2,1H3,(H,26,29)/b23-16-. The van der Waals surface area contributed by atoms with Gasteiger partial charge in [0.25, 0.3) is 5.91 Å². The summed E-state index contributed by atoms with van der Waals surface area (Å²) in [7, 11) is 0. The number of fused-ring (bicyclic) bond motifs is 1. The maximum absolute atomic E-state index is 12.2. The van der Waals surface area contributed by atoms with Gasteiger partial charge < -0.3 is 25.8 Å². The molecule has 30 heavy (non-hydrogen) atoms. The van der Waals surface area contributed by atoms with Crippen LogP contribution in [0.15, 0.2) is 42.1 Å². The number of piperidine rings is 1. The van der Waals surface area contributed by atoms with E-state index in [0.717, 1.165) is 24.3 Å². The second-order valence-electron chi connectivity index (χ2n) is 8.06. The van der Waals surface area contributed by atoms with E-state index in [-0.39, 0.29) is 11.7 Å². The number of allylic oxidation sites excluding steroid dienone is 1. The average molecular weight is 408 g/mol. The lowest BCUT2D eigenvalue weighted by atomic mass is 9.97. The van der Waals surface area contributed by atoms with E-state index in [1.165, 1.54) is 32.4 Å². The number of benzene rings is 2. The Morgan fingerprint density at radius 1 is 1.13 bits per heavy atom. The van der Waals surface area contributed by atoms with Crippen molar-refractivity contribution in [2.45, 2.75) is 32.6 Å². The Hall–Kier alpha value is -2.99. The van der Waals surface area contributed by atoms with Gasteiger partial charge in [-0.2, -0.15) is 0 Å². The molecule has 0 aliphatic carbocycles. The molecule has 1 fully saturated rings. The van der Waals surface area contributed by atoms with Gasteiger partial charge in [0, 0.05) is 29.4 Å². The molecule has 0 spiro atoms. The number of aromatic hydroxyl groups is 1. The largest absolute Gasteiger partial charge is 0.507 e. The zero-order valence-corrected chi connectivity index (χ0v) is 17.4. The monoisotopic (exact) mass is 407 g/mol. The fraction of sp³-hybridized carbons (Fsp3) is 0.375. The fourth-order valence-corrected chi connectivity index (χ4v) is 4.22. The van der Waals surface area contributed by atoms with Crippen LogP contribution in [0.5, 0.6) is 11.5 Å². The molecule has 0 bridgehead atoms. The molecule has 6 heteroatoms. The molecule has 2 aromatic rings. The minimum atomic E-state index is -0.241. The number of nitrogens with one attached hydrogen (secondary N) is 1. The van der Waals surface area contributed by atoms with Gasteiger partial charge in [-0.1, -0.05) is 18.6 Å². The lowest BCUT2D eigenvalue weighted by molar-refractivity contribution is -0.110. The van der Waals surface area contributed by atoms with Gasteiger partial charge in [0.2, 0.25) is 0 Å². The topological polar surface area (TPSA) is 87.8 Å². The zero-order valence-electron chi connectivity index (χ0n) is 17.4. The quantitative estimate of drug-likeness (QED) is 0.498. The first-order chi connectivity index (χ1) is 14.5. The Morgan fingerprint density at radius 2 is 1.87 bits per heavy atom. The summed E-state index contributed by atoms with van der Waals surface area (Å²) in [5, 5.41) is 13.2. The third-order valence-electron chi connectivity index (χ3n) is 5.78. The Bertz CT molecular complexity index is 956. The number of amides is 1. The number of phenolic OH excluding ortho intramolecular Hbond substituents is 1. The Kier molecular flexibility index (Phi) is 5.95. The summed E-state index contributed by atoms with van der Waals surface area (Å²) in [5.74, 6) is 0.684. The summed E-state index contributed by atoms with van der Waals surface area (Å²) >= 11 is 0. The Balaban J connectivity index is 1.42. The second-order valence-corrected chi connectivity index (χ2v) is 8.06. The van der Waals surface area contributed by atoms with Crippen molar-refractivity contribution >= 4 is 17.2 Å². The van der Waals surface area contributed by atoms with Crippen molar-refractivity contribution in [2.24, 2.45) is 5.73 Å². The minimum Gasteiger partial charge on any atom is -0.507 e. The number of nitrogens with two attached hydrogens (primary N) is 1. The first-order valence-electron chi connectivity index (χ1n) is 10.6. The number of phenols is 1. The molecule has 0 saturated carbocycles. The van der Waals surface area contributed by atoms with Crippen molar-refractivity contribution in [1.29, 1.82) is 0 Å². The lowest BCUT2D eigenvalue weighted by Gasteiger charge is -2.26. The number of likely N-dealkylation sites (tertiary alicyclic amines) is 1. The predicted molar refractivity (Wildman–Crippen MR) is 119 cm³/mol. The number of rotatable bonds is 6. The number of ether oxygens (including phenoxy) is 1. The van der Waals surface area contributed by atoms with Gasteiger partial charge in [0.05, 0.1) is 17.9 Å². The first-order valence-corrected chi connectivity index (χ1v) is 10.6. The summed E-state index contributed by atoms with van der Waals surface area (Å²) in [6.07, 6.45) is 4.99. The van der Waals surface area contributed by atoms with Crippen LogP contribution in [0.25, 0.3) is 16.7 Å². The van der Waals surface area contributed by atoms with Crippen molar-refractivity contribution in [3.05, 3.63) is 47.7 Å². The molecule has 0 unspecified atom stereocenters. The molecule has 2 heterocycles. The molecule has 0 atom stereocenters. The van der Waals surface area contributed by atoms with E-state index in [2.05, 4.69) is 10.2 Å². The number of hydrogen-bond acceptors (Lipinski definition) is 5. The minimum absolute atomic E-state index is 0.111. The highest BCUT2D eigenvalue weighted by molar-refractivity contribution is 6.32. The molecule has 2 aliphatic rings. The Morgan fingerprint density at radius 3 is 2.57 bits per heavy atom. The third-order valence-corrected chi connectivity index (χ3v) is 5.78. The highest BCUT2D eigenvalue weighted by Crippen LogP contribution is 2.41. The van der Waals surface area contributed by atoms with E-state index in [1.54, 1.807) is 13.0 Å². The molecule has 1 saturated heterocycles. The van der Waals surface area contributed by atoms with E-state index in [4.69, 9.17) is 10.5 Å². The van der Waals surface area contributed by atoms with E-state index in [9.17, 15) is 9.90 Å². The maximum Gasteiger partial charge on any atom is 0.258 e. The molecule has 2 aliphatic heterocycles. The van der Waals surface area contributed by atoms with Gasteiger partial charge in [-0.25, -0.2) is 0 Å². The van der Waals surface area contributed by atoms with Crippen molar-refractivity contribution in [3.63, 3.8) is 0 Å². The molecule has 0 aromatic heterocycles. The first kappa shape index (κ1) is 20.3. The SMILES string of the molecule is C/C(N)=C1/C(=O)Nc2cc(O)c(-c3ccc(OCCCN4CCCCC4)cc3)cc21. The van der Waals surface area contributed by atoms with Gasteiger partial charge in [-0.15, -0.1) is 0 Å². The predicted octanol–water partition coefficient (Wildman–Crippen LogP) is 3.96. The van der Waals surface area contributed by atoms with Crippen molar-refractivity contribution in [1.82, 2.24) is 4.90 Å². The van der Waals surface area contributed by atoms with Crippen molar-refractivity contribution < 1.29 is 14.6 Å². The van der Waals surface area contributed by atoms with Crippen molar-refractivity contribution in [3.8, 4) is 22.6 Å². The molecule has 4 N–H and O–H groups in total. The number of carbonyl (C=O) groups is 1. The van der Waals surface area contributed by atoms with E-state index >= 15 is 0 Å². The molecular weight excluding hydrogens is 378 g/mol. The van der Waals surface area contributed by atoms with Gasteiger partial charge in [-0.3, -0.25) is 4.79 Å². The lowest BCUT2D eigenvalue weighted by Crippen LogP contribution is -2.31. The molecular formula is C24H29N3O3. The average Bonchev–Trinajstić information content (AvgIpc) is 3.06. The molecule has 1 amide bonds. The van der Waals surface area contributed by atoms with Gasteiger partial charge in [-0.05, 0) is 63.0 Å². The van der Waals surface area contributed by atoms with Crippen LogP contribution < -0.4 is 15.8 Å². The molecule has 2 aromatic carbocycles. The summed E-state index contributed by atoms with van der Waals surface area (Å²) in [4.78, 5) is 14.7. The summed E-state index contributed by atoms with van der Waals surface area (Å²) in [5.41, 5.74) is 9.60. The number of carbonyl (C=O) groups excluding carboxylic acids is 1. The van der Waals surface area contributed by atoms with Crippen LogP contribution in [-0.4, -0.2) is 42.2 Å². The van der Waals surface area contributed by atoms with Crippen LogP contribution in [0.3, 0.4) is 0 Å². The van der Waals surface area contributed by atoms with Crippen LogP contribution in [0.2, 0.25) is 0 Å². The molecule has 4 rings (SSSR count). The normalized spacial score (nSPS) is 18.1. The van der Waals surface area contributed by atoms with Crippen LogP contribution in [0.4, 0.5) is 5.69 Å². The van der Waals surface area contributed by atoms with Crippen LogP contribution in [0.1, 0.15) is 38.2 Å². The number of hydrogen-bond donors (Lipinski definition) is 3. The fourth-order valence-electron chi connectivity index (χ4n) is 4.22. The number of anilines is 1. The van der Waals surface area contributed by atoms with Gasteiger partial charge in [0.15, 0.2) is 0 Å². The summed E-state index contributed by atoms with van der Waals surface area (Å²) in [6.45, 7) is 5.90. The van der Waals surface area contributed by atoms with E-state index < -0.39 is 0 Å². The third kappa shape index (κ3) is 4.28. The van der Waals surface area contributed by atoms with Gasteiger partial charge >= 0.3 is 0 Å². The molecule has 158 valence electrons. The van der Waals surface area contributed by atoms with E-state index in [0.29, 0.717) is 34.7 Å². The van der Waals surface area contributed by atoms with E-state index in [1.807, 2.05) is 30.3 Å². The summed E-state index contributed by atoms with van der Waals surface area (Å²) in [6, 6.07) is 11.1. The van der Waals surface area contributed by atoms with Crippen molar-refractivity contribution in [2.75, 3.05) is 31.6 Å². The molecule has 6 nitrogen and oxygen atoms in total. The van der Waals surface area contributed by atoms with Crippen LogP contribution >= 0.6 is 0 Å². The maximum atomic E-state index is 12.2.